The van der Waals surface area contributed by atoms with Gasteiger partial charge >= 0.3 is 0 Å². The molecule has 0 amide bonds. The summed E-state index contributed by atoms with van der Waals surface area (Å²) >= 11 is 0. The zero-order valence-electron chi connectivity index (χ0n) is 6.00. The van der Waals surface area contributed by atoms with Gasteiger partial charge in [0, 0.05) is 0 Å². The number of carbonyl (C=O) groups is 1. The third-order valence-corrected chi connectivity index (χ3v) is 0.638. The Bertz CT molecular complexity index is 61.3. The molecule has 0 aromatic heterocycles. The SMILES string of the molecule is CCC=CCC.O=CO. The average molecular weight is 130 g/mol. The molecule has 0 aromatic carbocycles. The van der Waals surface area contributed by atoms with Crippen molar-refractivity contribution in [2.24, 2.45) is 0 Å². The molecule has 0 aliphatic heterocycles. The molecule has 1 N–H and O–H groups in total. The van der Waals surface area contributed by atoms with Crippen molar-refractivity contribution in [1.82, 2.24) is 0 Å². The lowest BCUT2D eigenvalue weighted by atomic mass is 10.4. The minimum absolute atomic E-state index is 0.250. The molecule has 2 heteroatoms. The Morgan fingerprint density at radius 1 is 1.22 bits per heavy atom. The van der Waals surface area contributed by atoms with Gasteiger partial charge in [-0.05, 0) is 12.8 Å². The van der Waals surface area contributed by atoms with Crippen molar-refractivity contribution < 1.29 is 9.90 Å². The van der Waals surface area contributed by atoms with Crippen LogP contribution in [0.2, 0.25) is 0 Å². The van der Waals surface area contributed by atoms with E-state index in [4.69, 9.17) is 9.90 Å². The van der Waals surface area contributed by atoms with E-state index in [1.807, 2.05) is 0 Å². The van der Waals surface area contributed by atoms with Crippen LogP contribution in [0, 0.1) is 0 Å². The monoisotopic (exact) mass is 130 g/mol. The molecule has 0 heterocycles. The zero-order valence-corrected chi connectivity index (χ0v) is 6.00. The van der Waals surface area contributed by atoms with E-state index in [0.29, 0.717) is 0 Å². The van der Waals surface area contributed by atoms with Crippen LogP contribution in [0.15, 0.2) is 12.2 Å². The van der Waals surface area contributed by atoms with Crippen molar-refractivity contribution in [2.75, 3.05) is 0 Å². The number of hydrogen-bond donors (Lipinski definition) is 1. The second-order valence-electron chi connectivity index (χ2n) is 1.39. The fourth-order valence-corrected chi connectivity index (χ4v) is 0.333. The first-order chi connectivity index (χ1) is 4.33. The van der Waals surface area contributed by atoms with Gasteiger partial charge in [-0.3, -0.25) is 4.79 Å². The predicted octanol–water partition coefficient (Wildman–Crippen LogP) is 2.06. The maximum Gasteiger partial charge on any atom is 0.290 e. The molecule has 0 aliphatic carbocycles. The highest BCUT2D eigenvalue weighted by molar-refractivity contribution is 5.32. The summed E-state index contributed by atoms with van der Waals surface area (Å²) in [6.07, 6.45) is 6.71. The Morgan fingerprint density at radius 3 is 1.56 bits per heavy atom. The van der Waals surface area contributed by atoms with Crippen LogP contribution in [0.3, 0.4) is 0 Å². The predicted molar refractivity (Wildman–Crippen MR) is 38.4 cm³/mol. The number of carboxylic acid groups (broad SMARTS) is 1. The van der Waals surface area contributed by atoms with E-state index in [1.54, 1.807) is 0 Å². The zero-order chi connectivity index (χ0) is 7.54. The summed E-state index contributed by atoms with van der Waals surface area (Å²) < 4.78 is 0. The van der Waals surface area contributed by atoms with Crippen LogP contribution in [0.5, 0.6) is 0 Å². The largest absolute Gasteiger partial charge is 0.483 e. The highest BCUT2D eigenvalue weighted by Crippen LogP contribution is 1.81. The first-order valence-corrected chi connectivity index (χ1v) is 3.06. The molecule has 9 heavy (non-hydrogen) atoms. The van der Waals surface area contributed by atoms with Crippen molar-refractivity contribution in [3.05, 3.63) is 12.2 Å². The second-order valence-corrected chi connectivity index (χ2v) is 1.39. The molecular weight excluding hydrogens is 116 g/mol. The summed E-state index contributed by atoms with van der Waals surface area (Å²) in [5.41, 5.74) is 0. The first-order valence-electron chi connectivity index (χ1n) is 3.06. The Kier molecular flexibility index (Phi) is 19.3. The van der Waals surface area contributed by atoms with Gasteiger partial charge in [-0.2, -0.15) is 0 Å². The molecule has 54 valence electrons. The Labute approximate surface area is 56.2 Å². The van der Waals surface area contributed by atoms with Crippen molar-refractivity contribution in [3.63, 3.8) is 0 Å². The molecule has 0 rings (SSSR count). The third kappa shape index (κ3) is 40.1. The van der Waals surface area contributed by atoms with Crippen LogP contribution < -0.4 is 0 Å². The molecule has 0 saturated carbocycles. The third-order valence-electron chi connectivity index (χ3n) is 0.638. The van der Waals surface area contributed by atoms with Gasteiger partial charge in [0.1, 0.15) is 0 Å². The molecule has 0 fully saturated rings. The van der Waals surface area contributed by atoms with Crippen molar-refractivity contribution in [3.8, 4) is 0 Å². The molecule has 0 atom stereocenters. The summed E-state index contributed by atoms with van der Waals surface area (Å²) in [7, 11) is 0. The van der Waals surface area contributed by atoms with E-state index in [9.17, 15) is 0 Å². The van der Waals surface area contributed by atoms with Gasteiger partial charge in [0.05, 0.1) is 0 Å². The number of rotatable bonds is 2. The van der Waals surface area contributed by atoms with Gasteiger partial charge < -0.3 is 5.11 Å². The van der Waals surface area contributed by atoms with Gasteiger partial charge in [0.2, 0.25) is 0 Å². The van der Waals surface area contributed by atoms with Gasteiger partial charge in [-0.1, -0.05) is 26.0 Å². The molecule has 0 saturated heterocycles. The number of allylic oxidation sites excluding steroid dienone is 2. The highest BCUT2D eigenvalue weighted by atomic mass is 16.3. The molecule has 0 bridgehead atoms. The van der Waals surface area contributed by atoms with Gasteiger partial charge in [-0.15, -0.1) is 0 Å². The van der Waals surface area contributed by atoms with Gasteiger partial charge in [0.25, 0.3) is 6.47 Å². The van der Waals surface area contributed by atoms with Crippen molar-refractivity contribution in [2.45, 2.75) is 26.7 Å². The lowest BCUT2D eigenvalue weighted by Crippen LogP contribution is -1.51. The smallest absolute Gasteiger partial charge is 0.290 e. The minimum Gasteiger partial charge on any atom is -0.483 e. The summed E-state index contributed by atoms with van der Waals surface area (Å²) in [6.45, 7) is 4.04. The summed E-state index contributed by atoms with van der Waals surface area (Å²) in [6, 6.07) is 0. The van der Waals surface area contributed by atoms with E-state index >= 15 is 0 Å². The number of hydrogen-bond acceptors (Lipinski definition) is 1. The topological polar surface area (TPSA) is 37.3 Å². The fraction of sp³-hybridized carbons (Fsp3) is 0.571. The van der Waals surface area contributed by atoms with Crippen LogP contribution in [-0.2, 0) is 4.79 Å². The fourth-order valence-electron chi connectivity index (χ4n) is 0.333. The van der Waals surface area contributed by atoms with Crippen LogP contribution in [0.25, 0.3) is 0 Å². The molecule has 0 aromatic rings. The maximum atomic E-state index is 8.36. The Balaban J connectivity index is 0. The lowest BCUT2D eigenvalue weighted by molar-refractivity contribution is -0.122. The van der Waals surface area contributed by atoms with E-state index in [-0.39, 0.29) is 6.47 Å². The standard InChI is InChI=1S/C6H12.CH2O2/c1-3-5-6-4-2;2-1-3/h5-6H,3-4H2,1-2H3;1H,(H,2,3). The summed E-state index contributed by atoms with van der Waals surface area (Å²) in [4.78, 5) is 8.36. The summed E-state index contributed by atoms with van der Waals surface area (Å²) in [5, 5.41) is 6.89. The molecule has 0 radical (unpaired) electrons. The average Bonchev–Trinajstić information content (AvgIpc) is 1.86. The van der Waals surface area contributed by atoms with Gasteiger partial charge in [0.15, 0.2) is 0 Å². The lowest BCUT2D eigenvalue weighted by Gasteiger charge is -1.72. The van der Waals surface area contributed by atoms with Crippen LogP contribution >= 0.6 is 0 Å². The Hall–Kier alpha value is -0.790. The quantitative estimate of drug-likeness (QED) is 0.459. The first kappa shape index (κ1) is 11.1. The normalized spacial score (nSPS) is 8.22. The second kappa shape index (κ2) is 15.7. The van der Waals surface area contributed by atoms with Crippen LogP contribution in [0.4, 0.5) is 0 Å². The minimum atomic E-state index is -0.250. The van der Waals surface area contributed by atoms with E-state index in [0.717, 1.165) is 0 Å². The molecule has 0 aliphatic rings. The van der Waals surface area contributed by atoms with Crippen LogP contribution in [0.1, 0.15) is 26.7 Å². The van der Waals surface area contributed by atoms with Crippen LogP contribution in [-0.4, -0.2) is 11.6 Å². The van der Waals surface area contributed by atoms with Crippen molar-refractivity contribution in [1.29, 1.82) is 0 Å². The van der Waals surface area contributed by atoms with Gasteiger partial charge in [-0.25, -0.2) is 0 Å². The van der Waals surface area contributed by atoms with E-state index < -0.39 is 0 Å². The molecule has 0 unspecified atom stereocenters. The Morgan fingerprint density at radius 2 is 1.44 bits per heavy atom. The maximum absolute atomic E-state index is 8.36. The van der Waals surface area contributed by atoms with E-state index in [2.05, 4.69) is 26.0 Å². The van der Waals surface area contributed by atoms with Crippen molar-refractivity contribution >= 4 is 6.47 Å². The molecule has 2 nitrogen and oxygen atoms in total. The highest BCUT2D eigenvalue weighted by Gasteiger charge is 1.60. The molecular formula is C7H14O2. The van der Waals surface area contributed by atoms with E-state index in [1.165, 1.54) is 12.8 Å². The molecule has 0 spiro atoms. The summed E-state index contributed by atoms with van der Waals surface area (Å²) in [5.74, 6) is 0.